The second kappa shape index (κ2) is 6.82. The summed E-state index contributed by atoms with van der Waals surface area (Å²) >= 11 is 0. The summed E-state index contributed by atoms with van der Waals surface area (Å²) in [4.78, 5) is 10.7. The van der Waals surface area contributed by atoms with Gasteiger partial charge in [0.15, 0.2) is 0 Å². The Kier molecular flexibility index (Phi) is 5.60. The van der Waals surface area contributed by atoms with Crippen molar-refractivity contribution in [2.45, 2.75) is 57.8 Å². The molecule has 14 heavy (non-hydrogen) atoms. The highest BCUT2D eigenvalue weighted by Crippen LogP contribution is 2.27. The minimum atomic E-state index is -0.256. The van der Waals surface area contributed by atoms with E-state index >= 15 is 0 Å². The van der Waals surface area contributed by atoms with Crippen molar-refractivity contribution in [3.63, 3.8) is 0 Å². The van der Waals surface area contributed by atoms with Gasteiger partial charge in [0.25, 0.3) is 0 Å². The van der Waals surface area contributed by atoms with Gasteiger partial charge in [-0.15, -0.1) is 0 Å². The Labute approximate surface area is 85.8 Å². The average molecular weight is 199 g/mol. The molecule has 0 bridgehead atoms. The van der Waals surface area contributed by atoms with Gasteiger partial charge in [0, 0.05) is 6.42 Å². The first-order valence-corrected chi connectivity index (χ1v) is 5.76. The lowest BCUT2D eigenvalue weighted by atomic mass is 9.85. The number of hydrogen-bond acceptors (Lipinski definition) is 2. The maximum absolute atomic E-state index is 10.7. The third kappa shape index (κ3) is 4.61. The topological polar surface area (TPSA) is 49.3 Å². The number of rotatable bonds is 5. The highest BCUT2D eigenvalue weighted by Gasteiger charge is 2.12. The summed E-state index contributed by atoms with van der Waals surface area (Å²) in [7, 11) is 0. The SMILES string of the molecule is O=C(CCCCC1CCCCC1)NO. The number of carbonyl (C=O) groups is 1. The molecule has 3 heteroatoms. The number of unbranched alkanes of at least 4 members (excludes halogenated alkanes) is 1. The van der Waals surface area contributed by atoms with E-state index in [2.05, 4.69) is 0 Å². The lowest BCUT2D eigenvalue weighted by Crippen LogP contribution is -2.17. The number of carbonyl (C=O) groups excluding carboxylic acids is 1. The van der Waals surface area contributed by atoms with Crippen LogP contribution in [0.1, 0.15) is 57.8 Å². The smallest absolute Gasteiger partial charge is 0.243 e. The van der Waals surface area contributed by atoms with Gasteiger partial charge in [-0.2, -0.15) is 0 Å². The van der Waals surface area contributed by atoms with Crippen molar-refractivity contribution in [3.8, 4) is 0 Å². The molecule has 0 aromatic carbocycles. The zero-order valence-electron chi connectivity index (χ0n) is 8.80. The van der Waals surface area contributed by atoms with Crippen molar-refractivity contribution < 1.29 is 10.0 Å². The summed E-state index contributed by atoms with van der Waals surface area (Å²) in [5, 5.41) is 8.28. The van der Waals surface area contributed by atoms with E-state index in [-0.39, 0.29) is 5.91 Å². The molecular weight excluding hydrogens is 178 g/mol. The lowest BCUT2D eigenvalue weighted by molar-refractivity contribution is -0.129. The molecule has 1 amide bonds. The Bertz CT molecular complexity index is 165. The Morgan fingerprint density at radius 2 is 1.93 bits per heavy atom. The van der Waals surface area contributed by atoms with Gasteiger partial charge in [0.05, 0.1) is 0 Å². The van der Waals surface area contributed by atoms with Crippen molar-refractivity contribution in [1.29, 1.82) is 0 Å². The maximum atomic E-state index is 10.7. The molecular formula is C11H21NO2. The summed E-state index contributed by atoms with van der Waals surface area (Å²) in [5.74, 6) is 0.648. The van der Waals surface area contributed by atoms with Crippen LogP contribution in [-0.4, -0.2) is 11.1 Å². The highest BCUT2D eigenvalue weighted by atomic mass is 16.5. The van der Waals surface area contributed by atoms with Gasteiger partial charge in [0.1, 0.15) is 0 Å². The van der Waals surface area contributed by atoms with E-state index in [1.54, 1.807) is 5.48 Å². The van der Waals surface area contributed by atoms with Gasteiger partial charge in [-0.25, -0.2) is 5.48 Å². The second-order valence-corrected chi connectivity index (χ2v) is 4.28. The molecule has 0 atom stereocenters. The monoisotopic (exact) mass is 199 g/mol. The molecule has 82 valence electrons. The predicted molar refractivity (Wildman–Crippen MR) is 55.0 cm³/mol. The number of hydroxylamine groups is 1. The molecule has 1 aliphatic carbocycles. The van der Waals surface area contributed by atoms with Crippen LogP contribution >= 0.6 is 0 Å². The van der Waals surface area contributed by atoms with E-state index in [0.717, 1.165) is 18.8 Å². The van der Waals surface area contributed by atoms with Crippen molar-refractivity contribution in [2.75, 3.05) is 0 Å². The van der Waals surface area contributed by atoms with Crippen LogP contribution in [0.2, 0.25) is 0 Å². The average Bonchev–Trinajstić information content (AvgIpc) is 2.25. The van der Waals surface area contributed by atoms with Gasteiger partial charge >= 0.3 is 0 Å². The van der Waals surface area contributed by atoms with Crippen molar-refractivity contribution in [2.24, 2.45) is 5.92 Å². The first-order chi connectivity index (χ1) is 6.83. The first-order valence-electron chi connectivity index (χ1n) is 5.76. The molecule has 2 N–H and O–H groups in total. The van der Waals surface area contributed by atoms with E-state index < -0.39 is 0 Å². The molecule has 1 aliphatic rings. The highest BCUT2D eigenvalue weighted by molar-refractivity contribution is 5.74. The minimum absolute atomic E-state index is 0.256. The fourth-order valence-corrected chi connectivity index (χ4v) is 2.25. The molecule has 0 unspecified atom stereocenters. The standard InChI is InChI=1S/C11H21NO2/c13-11(12-14)9-5-4-8-10-6-2-1-3-7-10/h10,14H,1-9H2,(H,12,13). The van der Waals surface area contributed by atoms with Crippen LogP contribution in [0.3, 0.4) is 0 Å². The summed E-state index contributed by atoms with van der Waals surface area (Å²) in [6.07, 6.45) is 10.7. The van der Waals surface area contributed by atoms with Crippen molar-refractivity contribution >= 4 is 5.91 Å². The molecule has 0 aromatic heterocycles. The molecule has 0 aliphatic heterocycles. The first kappa shape index (κ1) is 11.5. The molecule has 1 saturated carbocycles. The van der Waals surface area contributed by atoms with Gasteiger partial charge in [-0.3, -0.25) is 10.0 Å². The molecule has 3 nitrogen and oxygen atoms in total. The number of hydrogen-bond donors (Lipinski definition) is 2. The van der Waals surface area contributed by atoms with E-state index in [4.69, 9.17) is 5.21 Å². The van der Waals surface area contributed by atoms with Crippen LogP contribution in [0.5, 0.6) is 0 Å². The molecule has 1 fully saturated rings. The number of nitrogens with one attached hydrogen (secondary N) is 1. The van der Waals surface area contributed by atoms with Crippen LogP contribution in [0.15, 0.2) is 0 Å². The normalized spacial score (nSPS) is 18.1. The van der Waals surface area contributed by atoms with Crippen LogP contribution in [0.25, 0.3) is 0 Å². The van der Waals surface area contributed by atoms with Crippen LogP contribution < -0.4 is 5.48 Å². The van der Waals surface area contributed by atoms with Crippen LogP contribution in [0.4, 0.5) is 0 Å². The van der Waals surface area contributed by atoms with Crippen LogP contribution in [0, 0.1) is 5.92 Å². The Morgan fingerprint density at radius 3 is 2.57 bits per heavy atom. The molecule has 0 heterocycles. The fourth-order valence-electron chi connectivity index (χ4n) is 2.25. The number of amides is 1. The third-order valence-electron chi connectivity index (χ3n) is 3.12. The molecule has 0 aromatic rings. The van der Waals surface area contributed by atoms with Crippen LogP contribution in [-0.2, 0) is 4.79 Å². The molecule has 0 saturated heterocycles. The summed E-state index contributed by atoms with van der Waals surface area (Å²) in [6.45, 7) is 0. The summed E-state index contributed by atoms with van der Waals surface area (Å²) in [5.41, 5.74) is 1.66. The maximum Gasteiger partial charge on any atom is 0.243 e. The Morgan fingerprint density at radius 1 is 1.21 bits per heavy atom. The van der Waals surface area contributed by atoms with Gasteiger partial charge in [-0.05, 0) is 12.3 Å². The quantitative estimate of drug-likeness (QED) is 0.406. The van der Waals surface area contributed by atoms with E-state index in [1.807, 2.05) is 0 Å². The van der Waals surface area contributed by atoms with Gasteiger partial charge in [0.2, 0.25) is 5.91 Å². The molecule has 1 rings (SSSR count). The van der Waals surface area contributed by atoms with Crippen molar-refractivity contribution in [3.05, 3.63) is 0 Å². The van der Waals surface area contributed by atoms with Crippen molar-refractivity contribution in [1.82, 2.24) is 5.48 Å². The van der Waals surface area contributed by atoms with E-state index in [9.17, 15) is 4.79 Å². The fraction of sp³-hybridized carbons (Fsp3) is 0.909. The van der Waals surface area contributed by atoms with Gasteiger partial charge in [-0.1, -0.05) is 44.9 Å². The Balaban J connectivity index is 1.94. The third-order valence-corrected chi connectivity index (χ3v) is 3.12. The van der Waals surface area contributed by atoms with E-state index in [0.29, 0.717) is 6.42 Å². The van der Waals surface area contributed by atoms with Gasteiger partial charge < -0.3 is 0 Å². The zero-order valence-corrected chi connectivity index (χ0v) is 8.80. The summed E-state index contributed by atoms with van der Waals surface area (Å²) < 4.78 is 0. The zero-order chi connectivity index (χ0) is 10.2. The predicted octanol–water partition coefficient (Wildman–Crippen LogP) is 2.63. The second-order valence-electron chi connectivity index (χ2n) is 4.28. The molecule has 0 spiro atoms. The van der Waals surface area contributed by atoms with E-state index in [1.165, 1.54) is 38.5 Å². The largest absolute Gasteiger partial charge is 0.289 e. The minimum Gasteiger partial charge on any atom is -0.289 e. The Hall–Kier alpha value is -0.570. The lowest BCUT2D eigenvalue weighted by Gasteiger charge is -2.21. The molecule has 0 radical (unpaired) electrons. The summed E-state index contributed by atoms with van der Waals surface area (Å²) in [6, 6.07) is 0.